The van der Waals surface area contributed by atoms with Crippen LogP contribution in [-0.4, -0.2) is 38.9 Å². The predicted octanol–water partition coefficient (Wildman–Crippen LogP) is 2.67. The normalized spacial score (nSPS) is 18.1. The molecule has 0 radical (unpaired) electrons. The first kappa shape index (κ1) is 20.8. The van der Waals surface area contributed by atoms with Crippen LogP contribution in [0.1, 0.15) is 37.4 Å². The minimum atomic E-state index is -3.39. The molecule has 1 fully saturated rings. The van der Waals surface area contributed by atoms with Gasteiger partial charge in [-0.2, -0.15) is 0 Å². The number of rotatable bonds is 5. The number of amides is 1. The van der Waals surface area contributed by atoms with E-state index in [1.165, 1.54) is 11.3 Å². The Balaban J connectivity index is 1.71. The SMILES string of the molecule is CC1(C)OB(c2csc(C(=O)Nc3cccc(NS(C)(=O)=O)c3)c2)OC1(C)C. The molecule has 7 nitrogen and oxygen atoms in total. The molecule has 28 heavy (non-hydrogen) atoms. The summed E-state index contributed by atoms with van der Waals surface area (Å²) in [6.45, 7) is 7.91. The van der Waals surface area contributed by atoms with Gasteiger partial charge in [0, 0.05) is 5.69 Å². The van der Waals surface area contributed by atoms with Crippen LogP contribution in [0, 0.1) is 0 Å². The summed E-state index contributed by atoms with van der Waals surface area (Å²) in [5, 5.41) is 4.62. The summed E-state index contributed by atoms with van der Waals surface area (Å²) >= 11 is 1.29. The Bertz CT molecular complexity index is 985. The lowest BCUT2D eigenvalue weighted by molar-refractivity contribution is 0.00578. The molecular formula is C18H23BN2O5S2. The average Bonchev–Trinajstić information content (AvgIpc) is 3.09. The van der Waals surface area contributed by atoms with Crippen LogP contribution in [-0.2, 0) is 19.3 Å². The summed E-state index contributed by atoms with van der Waals surface area (Å²) in [4.78, 5) is 13.1. The van der Waals surface area contributed by atoms with Crippen molar-refractivity contribution in [3.63, 3.8) is 0 Å². The Hall–Kier alpha value is -1.88. The van der Waals surface area contributed by atoms with Crippen molar-refractivity contribution in [3.8, 4) is 0 Å². The van der Waals surface area contributed by atoms with Gasteiger partial charge >= 0.3 is 7.12 Å². The molecule has 1 saturated heterocycles. The number of anilines is 2. The van der Waals surface area contributed by atoms with E-state index >= 15 is 0 Å². The zero-order chi connectivity index (χ0) is 20.7. The van der Waals surface area contributed by atoms with Crippen molar-refractivity contribution < 1.29 is 22.5 Å². The third-order valence-electron chi connectivity index (χ3n) is 4.79. The molecule has 2 N–H and O–H groups in total. The van der Waals surface area contributed by atoms with Crippen molar-refractivity contribution in [2.75, 3.05) is 16.3 Å². The monoisotopic (exact) mass is 422 g/mol. The van der Waals surface area contributed by atoms with Crippen LogP contribution >= 0.6 is 11.3 Å². The van der Waals surface area contributed by atoms with Crippen LogP contribution in [0.5, 0.6) is 0 Å². The third-order valence-corrected chi connectivity index (χ3v) is 6.35. The molecule has 10 heteroatoms. The van der Waals surface area contributed by atoms with Crippen molar-refractivity contribution >= 4 is 51.2 Å². The highest BCUT2D eigenvalue weighted by Crippen LogP contribution is 2.36. The van der Waals surface area contributed by atoms with E-state index in [0.717, 1.165) is 11.7 Å². The van der Waals surface area contributed by atoms with Crippen LogP contribution in [0.4, 0.5) is 11.4 Å². The summed E-state index contributed by atoms with van der Waals surface area (Å²) in [5.74, 6) is -0.288. The molecule has 0 atom stereocenters. The summed E-state index contributed by atoms with van der Waals surface area (Å²) in [7, 11) is -3.91. The van der Waals surface area contributed by atoms with Crippen molar-refractivity contribution in [2.24, 2.45) is 0 Å². The van der Waals surface area contributed by atoms with Crippen molar-refractivity contribution in [2.45, 2.75) is 38.9 Å². The second-order valence-electron chi connectivity index (χ2n) is 7.74. The molecule has 150 valence electrons. The van der Waals surface area contributed by atoms with E-state index in [1.807, 2.05) is 33.1 Å². The Labute approximate surface area is 169 Å². The molecule has 2 aromatic rings. The maximum atomic E-state index is 12.6. The number of hydrogen-bond acceptors (Lipinski definition) is 6. The van der Waals surface area contributed by atoms with Crippen LogP contribution in [0.2, 0.25) is 0 Å². The number of hydrogen-bond donors (Lipinski definition) is 2. The van der Waals surface area contributed by atoms with Crippen LogP contribution < -0.4 is 15.5 Å². The molecule has 0 bridgehead atoms. The third kappa shape index (κ3) is 4.57. The lowest BCUT2D eigenvalue weighted by Crippen LogP contribution is -2.41. The van der Waals surface area contributed by atoms with Gasteiger partial charge in [-0.15, -0.1) is 11.3 Å². The zero-order valence-electron chi connectivity index (χ0n) is 16.4. The van der Waals surface area contributed by atoms with E-state index in [-0.39, 0.29) is 5.91 Å². The number of nitrogens with one attached hydrogen (secondary N) is 2. The van der Waals surface area contributed by atoms with Gasteiger partial charge < -0.3 is 14.6 Å². The van der Waals surface area contributed by atoms with Crippen LogP contribution in [0.3, 0.4) is 0 Å². The fourth-order valence-electron chi connectivity index (χ4n) is 2.64. The second kappa shape index (κ2) is 7.18. The Kier molecular flexibility index (Phi) is 5.35. The molecule has 3 rings (SSSR count). The minimum Gasteiger partial charge on any atom is -0.399 e. The largest absolute Gasteiger partial charge is 0.495 e. The Morgan fingerprint density at radius 1 is 1.07 bits per heavy atom. The van der Waals surface area contributed by atoms with E-state index in [9.17, 15) is 13.2 Å². The summed E-state index contributed by atoms with van der Waals surface area (Å²) in [6, 6.07) is 8.27. The standard InChI is InChI=1S/C18H23BN2O5S2/c1-17(2)18(3,4)26-19(25-17)12-9-15(27-11-12)16(22)20-13-7-6-8-14(10-13)21-28(5,23)24/h6-11,21H,1-5H3,(H,20,22). The maximum absolute atomic E-state index is 12.6. The van der Waals surface area contributed by atoms with Gasteiger partial charge in [-0.3, -0.25) is 9.52 Å². The molecule has 1 aromatic carbocycles. The number of sulfonamides is 1. The van der Waals surface area contributed by atoms with E-state index in [2.05, 4.69) is 10.0 Å². The average molecular weight is 422 g/mol. The number of benzene rings is 1. The van der Waals surface area contributed by atoms with Gasteiger partial charge in [0.2, 0.25) is 10.0 Å². The zero-order valence-corrected chi connectivity index (χ0v) is 18.0. The quantitative estimate of drug-likeness (QED) is 0.723. The highest BCUT2D eigenvalue weighted by atomic mass is 32.2. The van der Waals surface area contributed by atoms with Crippen molar-refractivity contribution in [3.05, 3.63) is 40.6 Å². The number of carbonyl (C=O) groups excluding carboxylic acids is 1. The van der Waals surface area contributed by atoms with E-state index in [1.54, 1.807) is 30.3 Å². The van der Waals surface area contributed by atoms with Crippen molar-refractivity contribution in [1.82, 2.24) is 0 Å². The van der Waals surface area contributed by atoms with Crippen LogP contribution in [0.25, 0.3) is 0 Å². The Morgan fingerprint density at radius 3 is 2.29 bits per heavy atom. The molecule has 0 unspecified atom stereocenters. The first-order valence-electron chi connectivity index (χ1n) is 8.70. The van der Waals surface area contributed by atoms with Crippen LogP contribution in [0.15, 0.2) is 35.7 Å². The molecule has 1 aliphatic rings. The van der Waals surface area contributed by atoms with Gasteiger partial charge in [0.15, 0.2) is 0 Å². The van der Waals surface area contributed by atoms with Crippen molar-refractivity contribution in [1.29, 1.82) is 0 Å². The summed E-state index contributed by atoms with van der Waals surface area (Å²) in [6.07, 6.45) is 1.07. The first-order valence-corrected chi connectivity index (χ1v) is 11.5. The number of thiophene rings is 1. The van der Waals surface area contributed by atoms with Gasteiger partial charge in [-0.25, -0.2) is 8.42 Å². The lowest BCUT2D eigenvalue weighted by Gasteiger charge is -2.32. The molecule has 2 heterocycles. The highest BCUT2D eigenvalue weighted by molar-refractivity contribution is 7.92. The fraction of sp³-hybridized carbons (Fsp3) is 0.389. The second-order valence-corrected chi connectivity index (χ2v) is 10.4. The minimum absolute atomic E-state index is 0.288. The maximum Gasteiger partial charge on any atom is 0.495 e. The van der Waals surface area contributed by atoms with E-state index in [4.69, 9.17) is 9.31 Å². The first-order chi connectivity index (χ1) is 12.9. The molecule has 0 spiro atoms. The van der Waals surface area contributed by atoms with Gasteiger partial charge in [-0.1, -0.05) is 6.07 Å². The molecule has 0 saturated carbocycles. The van der Waals surface area contributed by atoms with Gasteiger partial charge in [0.05, 0.1) is 28.0 Å². The van der Waals surface area contributed by atoms with Gasteiger partial charge in [-0.05, 0) is 62.8 Å². The molecule has 0 aliphatic carbocycles. The summed E-state index contributed by atoms with van der Waals surface area (Å²) in [5.41, 5.74) is 0.763. The molecule has 1 amide bonds. The van der Waals surface area contributed by atoms with E-state index < -0.39 is 28.3 Å². The molecule has 1 aliphatic heterocycles. The topological polar surface area (TPSA) is 93.7 Å². The number of carbonyl (C=O) groups is 1. The predicted molar refractivity (Wildman–Crippen MR) is 113 cm³/mol. The summed E-state index contributed by atoms with van der Waals surface area (Å²) < 4.78 is 37.1. The molecular weight excluding hydrogens is 399 g/mol. The molecule has 1 aromatic heterocycles. The lowest BCUT2D eigenvalue weighted by atomic mass is 9.81. The fourth-order valence-corrected chi connectivity index (χ4v) is 4.00. The highest BCUT2D eigenvalue weighted by Gasteiger charge is 2.52. The van der Waals surface area contributed by atoms with Gasteiger partial charge in [0.1, 0.15) is 0 Å². The Morgan fingerprint density at radius 2 is 1.68 bits per heavy atom. The smallest absolute Gasteiger partial charge is 0.399 e. The van der Waals surface area contributed by atoms with Gasteiger partial charge in [0.25, 0.3) is 5.91 Å². The van der Waals surface area contributed by atoms with E-state index in [0.29, 0.717) is 16.3 Å².